The number of nitrogens with zero attached hydrogens (tertiary/aromatic N) is 5. The maximum atomic E-state index is 6.43. The van der Waals surface area contributed by atoms with Gasteiger partial charge in [-0.25, -0.2) is 15.0 Å². The van der Waals surface area contributed by atoms with Crippen LogP contribution in [-0.2, 0) is 6.54 Å². The van der Waals surface area contributed by atoms with E-state index in [0.717, 1.165) is 60.9 Å². The third kappa shape index (κ3) is 3.57. The van der Waals surface area contributed by atoms with Crippen molar-refractivity contribution in [3.63, 3.8) is 0 Å². The van der Waals surface area contributed by atoms with Crippen LogP contribution >= 0.6 is 11.6 Å². The number of aromatic nitrogens is 3. The standard InChI is InChI=1S/C19H20ClN5O/c1-26-16-4-3-14-11-15(18(20)23-17(14)12-16)13-24-7-9-25(10-8-24)19-21-5-2-6-22-19/h2-6,11-12H,7-10,13H2,1H3. The number of ether oxygens (including phenoxy) is 1. The second kappa shape index (κ2) is 7.43. The topological polar surface area (TPSA) is 54.4 Å². The minimum atomic E-state index is 0.555. The van der Waals surface area contributed by atoms with Crippen LogP contribution in [0.1, 0.15) is 5.56 Å². The first-order valence-electron chi connectivity index (χ1n) is 8.60. The molecule has 0 radical (unpaired) electrons. The zero-order valence-electron chi connectivity index (χ0n) is 14.6. The molecule has 26 heavy (non-hydrogen) atoms. The Bertz CT molecular complexity index is 897. The van der Waals surface area contributed by atoms with E-state index >= 15 is 0 Å². The van der Waals surface area contributed by atoms with E-state index < -0.39 is 0 Å². The van der Waals surface area contributed by atoms with Gasteiger partial charge in [0.2, 0.25) is 5.95 Å². The van der Waals surface area contributed by atoms with Crippen molar-refractivity contribution in [1.29, 1.82) is 0 Å². The average Bonchev–Trinajstić information content (AvgIpc) is 2.69. The van der Waals surface area contributed by atoms with Crippen LogP contribution in [-0.4, -0.2) is 53.1 Å². The van der Waals surface area contributed by atoms with Gasteiger partial charge in [0.25, 0.3) is 0 Å². The molecule has 3 heterocycles. The van der Waals surface area contributed by atoms with Crippen LogP contribution in [0.3, 0.4) is 0 Å². The molecule has 0 aliphatic carbocycles. The highest BCUT2D eigenvalue weighted by molar-refractivity contribution is 6.30. The van der Waals surface area contributed by atoms with Crippen molar-refractivity contribution in [2.24, 2.45) is 0 Å². The number of benzene rings is 1. The lowest BCUT2D eigenvalue weighted by molar-refractivity contribution is 0.248. The van der Waals surface area contributed by atoms with Crippen molar-refractivity contribution in [3.05, 3.63) is 53.4 Å². The molecule has 3 aromatic rings. The van der Waals surface area contributed by atoms with Gasteiger partial charge in [-0.1, -0.05) is 11.6 Å². The molecule has 0 saturated carbocycles. The van der Waals surface area contributed by atoms with Crippen molar-refractivity contribution in [1.82, 2.24) is 19.9 Å². The molecule has 0 N–H and O–H groups in total. The summed E-state index contributed by atoms with van der Waals surface area (Å²) in [7, 11) is 1.65. The zero-order chi connectivity index (χ0) is 17.9. The Balaban J connectivity index is 1.45. The van der Waals surface area contributed by atoms with Gasteiger partial charge in [0.1, 0.15) is 10.9 Å². The fourth-order valence-corrected chi connectivity index (χ4v) is 3.41. The van der Waals surface area contributed by atoms with Crippen LogP contribution in [0.2, 0.25) is 5.15 Å². The summed E-state index contributed by atoms with van der Waals surface area (Å²) >= 11 is 6.43. The van der Waals surface area contributed by atoms with Crippen LogP contribution in [0.25, 0.3) is 10.9 Å². The smallest absolute Gasteiger partial charge is 0.225 e. The fourth-order valence-electron chi connectivity index (χ4n) is 3.21. The second-order valence-corrected chi connectivity index (χ2v) is 6.67. The van der Waals surface area contributed by atoms with E-state index in [0.29, 0.717) is 5.15 Å². The maximum Gasteiger partial charge on any atom is 0.225 e. The third-order valence-electron chi connectivity index (χ3n) is 4.65. The van der Waals surface area contributed by atoms with Gasteiger partial charge in [0, 0.05) is 62.1 Å². The quantitative estimate of drug-likeness (QED) is 0.659. The maximum absolute atomic E-state index is 6.43. The lowest BCUT2D eigenvalue weighted by Gasteiger charge is -2.34. The predicted octanol–water partition coefficient (Wildman–Crippen LogP) is 3.01. The first-order chi connectivity index (χ1) is 12.7. The summed E-state index contributed by atoms with van der Waals surface area (Å²) in [5, 5.41) is 1.63. The monoisotopic (exact) mass is 369 g/mol. The van der Waals surface area contributed by atoms with Crippen molar-refractivity contribution < 1.29 is 4.74 Å². The van der Waals surface area contributed by atoms with Crippen molar-refractivity contribution in [2.75, 3.05) is 38.2 Å². The lowest BCUT2D eigenvalue weighted by atomic mass is 10.1. The minimum Gasteiger partial charge on any atom is -0.497 e. The Labute approximate surface area is 157 Å². The highest BCUT2D eigenvalue weighted by atomic mass is 35.5. The summed E-state index contributed by atoms with van der Waals surface area (Å²) in [6.45, 7) is 4.47. The summed E-state index contributed by atoms with van der Waals surface area (Å²) in [4.78, 5) is 17.8. The van der Waals surface area contributed by atoms with Crippen LogP contribution in [0.15, 0.2) is 42.7 Å². The van der Waals surface area contributed by atoms with E-state index in [9.17, 15) is 0 Å². The Kier molecular flexibility index (Phi) is 4.86. The molecule has 1 aliphatic rings. The third-order valence-corrected chi connectivity index (χ3v) is 4.98. The molecule has 1 saturated heterocycles. The van der Waals surface area contributed by atoms with Crippen molar-refractivity contribution in [3.8, 4) is 5.75 Å². The summed E-state index contributed by atoms with van der Waals surface area (Å²) < 4.78 is 5.25. The van der Waals surface area contributed by atoms with Crippen LogP contribution in [0.5, 0.6) is 5.75 Å². The summed E-state index contributed by atoms with van der Waals surface area (Å²) in [5.74, 6) is 1.58. The molecule has 0 unspecified atom stereocenters. The minimum absolute atomic E-state index is 0.555. The molecule has 134 valence electrons. The number of hydrogen-bond acceptors (Lipinski definition) is 6. The molecule has 4 rings (SSSR count). The number of halogens is 1. The molecule has 7 heteroatoms. The number of methoxy groups -OCH3 is 1. The number of fused-ring (bicyclic) bond motifs is 1. The number of pyridine rings is 1. The molecule has 0 spiro atoms. The fraction of sp³-hybridized carbons (Fsp3) is 0.316. The zero-order valence-corrected chi connectivity index (χ0v) is 15.4. The van der Waals surface area contributed by atoms with Gasteiger partial charge >= 0.3 is 0 Å². The van der Waals surface area contributed by atoms with Crippen LogP contribution in [0, 0.1) is 0 Å². The van der Waals surface area contributed by atoms with E-state index in [2.05, 4.69) is 30.8 Å². The molecule has 6 nitrogen and oxygen atoms in total. The number of hydrogen-bond donors (Lipinski definition) is 0. The van der Waals surface area contributed by atoms with Gasteiger partial charge < -0.3 is 9.64 Å². The van der Waals surface area contributed by atoms with Gasteiger partial charge in [0.15, 0.2) is 0 Å². The van der Waals surface area contributed by atoms with Crippen molar-refractivity contribution >= 4 is 28.5 Å². The molecule has 1 fully saturated rings. The Morgan fingerprint density at radius 1 is 1.08 bits per heavy atom. The molecule has 1 aromatic carbocycles. The predicted molar refractivity (Wildman–Crippen MR) is 103 cm³/mol. The van der Waals surface area contributed by atoms with Gasteiger partial charge in [-0.2, -0.15) is 0 Å². The van der Waals surface area contributed by atoms with E-state index in [4.69, 9.17) is 16.3 Å². The Hall–Kier alpha value is -2.44. The summed E-state index contributed by atoms with van der Waals surface area (Å²) in [5.41, 5.74) is 1.90. The summed E-state index contributed by atoms with van der Waals surface area (Å²) in [6.07, 6.45) is 3.56. The lowest BCUT2D eigenvalue weighted by Crippen LogP contribution is -2.46. The van der Waals surface area contributed by atoms with E-state index in [1.165, 1.54) is 0 Å². The second-order valence-electron chi connectivity index (χ2n) is 6.31. The van der Waals surface area contributed by atoms with Gasteiger partial charge in [-0.3, -0.25) is 4.90 Å². The van der Waals surface area contributed by atoms with Crippen LogP contribution in [0.4, 0.5) is 5.95 Å². The first-order valence-corrected chi connectivity index (χ1v) is 8.98. The largest absolute Gasteiger partial charge is 0.497 e. The van der Waals surface area contributed by atoms with Gasteiger partial charge in [-0.15, -0.1) is 0 Å². The first kappa shape index (κ1) is 17.0. The highest BCUT2D eigenvalue weighted by Crippen LogP contribution is 2.25. The number of anilines is 1. The SMILES string of the molecule is COc1ccc2cc(CN3CCN(c4ncccn4)CC3)c(Cl)nc2c1. The summed E-state index contributed by atoms with van der Waals surface area (Å²) in [6, 6.07) is 9.83. The van der Waals surface area contributed by atoms with Gasteiger partial charge in [0.05, 0.1) is 12.6 Å². The highest BCUT2D eigenvalue weighted by Gasteiger charge is 2.20. The molecule has 1 aliphatic heterocycles. The number of rotatable bonds is 4. The molecule has 2 aromatic heterocycles. The van der Waals surface area contributed by atoms with Crippen molar-refractivity contribution in [2.45, 2.75) is 6.54 Å². The molecule has 0 amide bonds. The normalized spacial score (nSPS) is 15.4. The Morgan fingerprint density at radius 3 is 2.58 bits per heavy atom. The van der Waals surface area contributed by atoms with E-state index in [-0.39, 0.29) is 0 Å². The van der Waals surface area contributed by atoms with E-state index in [1.54, 1.807) is 19.5 Å². The molecule has 0 atom stereocenters. The molecular formula is C19H20ClN5O. The molecule has 0 bridgehead atoms. The van der Waals surface area contributed by atoms with Gasteiger partial charge in [-0.05, 0) is 24.3 Å². The average molecular weight is 370 g/mol. The number of piperazine rings is 1. The Morgan fingerprint density at radius 2 is 1.85 bits per heavy atom. The van der Waals surface area contributed by atoms with E-state index in [1.807, 2.05) is 24.3 Å². The molecular weight excluding hydrogens is 350 g/mol. The van der Waals surface area contributed by atoms with Crippen LogP contribution < -0.4 is 9.64 Å².